The smallest absolute Gasteiger partial charge is 0.344 e. The lowest BCUT2D eigenvalue weighted by atomic mass is 10.1. The van der Waals surface area contributed by atoms with Crippen molar-refractivity contribution in [2.24, 2.45) is 4.99 Å². The first-order valence-electron chi connectivity index (χ1n) is 10.8. The van der Waals surface area contributed by atoms with E-state index in [9.17, 15) is 14.7 Å². The molecule has 0 aliphatic carbocycles. The number of rotatable bonds is 9. The summed E-state index contributed by atoms with van der Waals surface area (Å²) in [6.45, 7) is 7.98. The van der Waals surface area contributed by atoms with E-state index in [4.69, 9.17) is 25.8 Å². The van der Waals surface area contributed by atoms with Crippen molar-refractivity contribution in [2.75, 3.05) is 19.8 Å². The fourth-order valence-electron chi connectivity index (χ4n) is 3.08. The molecule has 0 radical (unpaired) electrons. The van der Waals surface area contributed by atoms with Gasteiger partial charge in [-0.2, -0.15) is 0 Å². The molecule has 0 spiro atoms. The standard InChI is InChI=1S/C26H24ClNO6S/c1-4-13-34-19-12-11-16(14-20(19)32-5-2)15-21-23(29)22(26(31)33-6-3)25(35-21)28-24(30)17-9-7-8-10-18(17)27/h4,7-12,14-15,29H,1,5-6,13H2,2-3H3/b21-15-,28-25?. The van der Waals surface area contributed by atoms with Crippen molar-refractivity contribution in [3.05, 3.63) is 87.5 Å². The Bertz CT molecular complexity index is 1230. The largest absolute Gasteiger partial charge is 0.506 e. The topological polar surface area (TPSA) is 94.4 Å². The summed E-state index contributed by atoms with van der Waals surface area (Å²) in [6.07, 6.45) is 3.28. The summed E-state index contributed by atoms with van der Waals surface area (Å²) in [5.41, 5.74) is 0.675. The van der Waals surface area contributed by atoms with Crippen LogP contribution in [-0.4, -0.2) is 41.8 Å². The van der Waals surface area contributed by atoms with E-state index >= 15 is 0 Å². The highest BCUT2D eigenvalue weighted by atomic mass is 35.5. The van der Waals surface area contributed by atoms with Gasteiger partial charge in [-0.3, -0.25) is 4.79 Å². The van der Waals surface area contributed by atoms with Gasteiger partial charge in [-0.25, -0.2) is 9.79 Å². The normalized spacial score (nSPS) is 15.4. The molecule has 35 heavy (non-hydrogen) atoms. The molecule has 1 aliphatic rings. The summed E-state index contributed by atoms with van der Waals surface area (Å²) in [5, 5.41) is 11.1. The van der Waals surface area contributed by atoms with E-state index in [0.29, 0.717) is 35.2 Å². The van der Waals surface area contributed by atoms with Crippen LogP contribution in [0.2, 0.25) is 5.02 Å². The van der Waals surface area contributed by atoms with Crippen LogP contribution < -0.4 is 9.47 Å². The lowest BCUT2D eigenvalue weighted by Gasteiger charge is -2.11. The molecule has 0 fully saturated rings. The zero-order chi connectivity index (χ0) is 25.4. The maximum Gasteiger partial charge on any atom is 0.344 e. The Balaban J connectivity index is 2.01. The number of carbonyl (C=O) groups is 2. The number of esters is 1. The maximum atomic E-state index is 12.8. The van der Waals surface area contributed by atoms with Gasteiger partial charge in [0.25, 0.3) is 5.91 Å². The number of ether oxygens (including phenoxy) is 3. The van der Waals surface area contributed by atoms with Crippen molar-refractivity contribution in [3.8, 4) is 11.5 Å². The molecule has 182 valence electrons. The zero-order valence-corrected chi connectivity index (χ0v) is 20.8. The Hall–Kier alpha value is -3.49. The van der Waals surface area contributed by atoms with E-state index in [1.54, 1.807) is 55.5 Å². The van der Waals surface area contributed by atoms with Gasteiger partial charge in [-0.1, -0.05) is 54.2 Å². The molecule has 1 amide bonds. The number of carbonyl (C=O) groups excluding carboxylic acids is 2. The summed E-state index contributed by atoms with van der Waals surface area (Å²) in [5.74, 6) is -0.689. The van der Waals surface area contributed by atoms with Gasteiger partial charge in [0.1, 0.15) is 23.0 Å². The first-order valence-corrected chi connectivity index (χ1v) is 12.0. The van der Waals surface area contributed by atoms with Crippen molar-refractivity contribution >= 4 is 46.4 Å². The Morgan fingerprint density at radius 1 is 1.11 bits per heavy atom. The lowest BCUT2D eigenvalue weighted by molar-refractivity contribution is -0.138. The molecule has 2 aromatic rings. The molecule has 9 heteroatoms. The average molecular weight is 514 g/mol. The van der Waals surface area contributed by atoms with Crippen molar-refractivity contribution in [1.29, 1.82) is 0 Å². The summed E-state index contributed by atoms with van der Waals surface area (Å²) < 4.78 is 16.4. The first kappa shape index (κ1) is 26.1. The van der Waals surface area contributed by atoms with Crippen LogP contribution in [0.1, 0.15) is 29.8 Å². The Morgan fingerprint density at radius 3 is 2.57 bits per heavy atom. The molecule has 3 rings (SSSR count). The van der Waals surface area contributed by atoms with Gasteiger partial charge in [-0.15, -0.1) is 0 Å². The molecular formula is C26H24ClNO6S. The van der Waals surface area contributed by atoms with Crippen LogP contribution in [0.5, 0.6) is 11.5 Å². The molecule has 1 heterocycles. The number of benzene rings is 2. The summed E-state index contributed by atoms with van der Waals surface area (Å²) in [6, 6.07) is 11.7. The second kappa shape index (κ2) is 12.3. The second-order valence-electron chi connectivity index (χ2n) is 7.00. The number of nitrogens with zero attached hydrogens (tertiary/aromatic N) is 1. The molecule has 1 aliphatic heterocycles. The number of hydrogen-bond acceptors (Lipinski definition) is 7. The highest BCUT2D eigenvalue weighted by molar-refractivity contribution is 8.18. The lowest BCUT2D eigenvalue weighted by Crippen LogP contribution is -2.14. The number of aliphatic hydroxyl groups excluding tert-OH is 1. The van der Waals surface area contributed by atoms with Crippen LogP contribution in [0.3, 0.4) is 0 Å². The second-order valence-corrected chi connectivity index (χ2v) is 8.43. The van der Waals surface area contributed by atoms with Gasteiger partial charge >= 0.3 is 5.97 Å². The minimum Gasteiger partial charge on any atom is -0.506 e. The Kier molecular flexibility index (Phi) is 9.17. The van der Waals surface area contributed by atoms with E-state index in [1.165, 1.54) is 6.07 Å². The Morgan fingerprint density at radius 2 is 1.89 bits per heavy atom. The van der Waals surface area contributed by atoms with Crippen LogP contribution in [0.15, 0.2) is 76.3 Å². The van der Waals surface area contributed by atoms with Crippen molar-refractivity contribution in [1.82, 2.24) is 0 Å². The zero-order valence-electron chi connectivity index (χ0n) is 19.2. The first-order chi connectivity index (χ1) is 16.9. The number of amides is 1. The molecule has 1 N–H and O–H groups in total. The van der Waals surface area contributed by atoms with Gasteiger partial charge in [0.2, 0.25) is 0 Å². The quantitative estimate of drug-likeness (QED) is 0.324. The van der Waals surface area contributed by atoms with Crippen molar-refractivity contribution in [3.63, 3.8) is 0 Å². The van der Waals surface area contributed by atoms with Crippen LogP contribution >= 0.6 is 23.4 Å². The van der Waals surface area contributed by atoms with Crippen LogP contribution in [0.4, 0.5) is 0 Å². The average Bonchev–Trinajstić information content (AvgIpc) is 3.13. The van der Waals surface area contributed by atoms with Crippen LogP contribution in [0.25, 0.3) is 6.08 Å². The monoisotopic (exact) mass is 513 g/mol. The third-order valence-corrected chi connectivity index (χ3v) is 5.95. The number of halogens is 1. The van der Waals surface area contributed by atoms with Crippen LogP contribution in [-0.2, 0) is 9.53 Å². The molecule has 0 saturated heterocycles. The predicted octanol–water partition coefficient (Wildman–Crippen LogP) is 6.01. The molecule has 0 aromatic heterocycles. The summed E-state index contributed by atoms with van der Waals surface area (Å²) in [7, 11) is 0. The highest BCUT2D eigenvalue weighted by Crippen LogP contribution is 2.40. The predicted molar refractivity (Wildman–Crippen MR) is 138 cm³/mol. The van der Waals surface area contributed by atoms with E-state index in [2.05, 4.69) is 11.6 Å². The highest BCUT2D eigenvalue weighted by Gasteiger charge is 2.34. The molecule has 7 nitrogen and oxygen atoms in total. The number of aliphatic hydroxyl groups is 1. The van der Waals surface area contributed by atoms with E-state index < -0.39 is 11.9 Å². The van der Waals surface area contributed by atoms with Gasteiger partial charge in [0.15, 0.2) is 11.5 Å². The van der Waals surface area contributed by atoms with Crippen molar-refractivity contribution < 1.29 is 28.9 Å². The summed E-state index contributed by atoms with van der Waals surface area (Å²) in [4.78, 5) is 29.7. The molecular weight excluding hydrogens is 490 g/mol. The molecule has 2 aromatic carbocycles. The maximum absolute atomic E-state index is 12.8. The molecule has 0 atom stereocenters. The third kappa shape index (κ3) is 6.35. The van der Waals surface area contributed by atoms with Gasteiger partial charge < -0.3 is 19.3 Å². The summed E-state index contributed by atoms with van der Waals surface area (Å²) >= 11 is 7.09. The number of thioether (sulfide) groups is 1. The van der Waals surface area contributed by atoms with E-state index in [-0.39, 0.29) is 33.6 Å². The van der Waals surface area contributed by atoms with Gasteiger partial charge in [0.05, 0.1) is 28.7 Å². The fraction of sp³-hybridized carbons (Fsp3) is 0.192. The number of hydrogen-bond donors (Lipinski definition) is 1. The SMILES string of the molecule is C=CCOc1ccc(/C=C2\SC(=NC(=O)c3ccccc3Cl)C(C(=O)OCC)=C2O)cc1OCC. The number of aliphatic imine (C=N–C) groups is 1. The fourth-order valence-corrected chi connectivity index (χ4v) is 4.31. The van der Waals surface area contributed by atoms with Gasteiger partial charge in [0, 0.05) is 0 Å². The Labute approximate surface area is 212 Å². The molecule has 0 saturated carbocycles. The molecule has 0 unspecified atom stereocenters. The van der Waals surface area contributed by atoms with Crippen molar-refractivity contribution in [2.45, 2.75) is 13.8 Å². The molecule has 0 bridgehead atoms. The minimum absolute atomic E-state index is 0.0214. The van der Waals surface area contributed by atoms with E-state index in [1.807, 2.05) is 6.92 Å². The minimum atomic E-state index is -0.783. The van der Waals surface area contributed by atoms with Gasteiger partial charge in [-0.05, 0) is 49.8 Å². The third-order valence-electron chi connectivity index (χ3n) is 4.60. The van der Waals surface area contributed by atoms with Crippen LogP contribution in [0, 0.1) is 0 Å². The van der Waals surface area contributed by atoms with E-state index in [0.717, 1.165) is 11.8 Å².